The molecular formula is C12H12BrN3O2S. The molecule has 19 heavy (non-hydrogen) atoms. The predicted octanol–water partition coefficient (Wildman–Crippen LogP) is 1.85. The first kappa shape index (κ1) is 13.8. The van der Waals surface area contributed by atoms with Crippen LogP contribution in [-0.4, -0.2) is 16.4 Å². The van der Waals surface area contributed by atoms with Crippen molar-refractivity contribution in [2.45, 2.75) is 6.42 Å². The van der Waals surface area contributed by atoms with E-state index in [0.29, 0.717) is 5.69 Å². The Bertz CT molecular complexity index is 592. The first-order valence-corrected chi connectivity index (χ1v) is 7.17. The minimum atomic E-state index is -0.354. The Labute approximate surface area is 122 Å². The molecule has 2 aromatic rings. The second-order valence-corrected chi connectivity index (χ2v) is 5.86. The van der Waals surface area contributed by atoms with Crippen molar-refractivity contribution in [1.82, 2.24) is 15.4 Å². The summed E-state index contributed by atoms with van der Waals surface area (Å²) in [6, 6.07) is 5.44. The monoisotopic (exact) mass is 341 g/mol. The standard InChI is InChI=1S/C12H12BrN3O2S/c1-16-7-8(13)5-10(16)12(18)15-14-11(17)6-9-3-2-4-19-9/h2-5,7H,6H2,1H3,(H,14,17)(H,15,18). The van der Waals surface area contributed by atoms with Gasteiger partial charge in [0.15, 0.2) is 0 Å². The molecular weight excluding hydrogens is 330 g/mol. The third-order valence-corrected chi connectivity index (χ3v) is 3.74. The van der Waals surface area contributed by atoms with E-state index < -0.39 is 0 Å². The van der Waals surface area contributed by atoms with Gasteiger partial charge in [-0.3, -0.25) is 20.4 Å². The van der Waals surface area contributed by atoms with E-state index in [9.17, 15) is 9.59 Å². The molecule has 0 aliphatic carbocycles. The number of hydrogen-bond donors (Lipinski definition) is 2. The minimum Gasteiger partial charge on any atom is -0.345 e. The molecule has 0 spiro atoms. The first-order chi connectivity index (χ1) is 9.06. The van der Waals surface area contributed by atoms with Crippen LogP contribution in [0.3, 0.4) is 0 Å². The van der Waals surface area contributed by atoms with Crippen LogP contribution >= 0.6 is 27.3 Å². The molecule has 2 amide bonds. The van der Waals surface area contributed by atoms with E-state index in [0.717, 1.165) is 9.35 Å². The molecule has 0 radical (unpaired) electrons. The molecule has 0 atom stereocenters. The lowest BCUT2D eigenvalue weighted by Crippen LogP contribution is -2.42. The number of nitrogens with zero attached hydrogens (tertiary/aromatic N) is 1. The lowest BCUT2D eigenvalue weighted by molar-refractivity contribution is -0.121. The van der Waals surface area contributed by atoms with Crippen molar-refractivity contribution in [1.29, 1.82) is 0 Å². The molecule has 0 saturated heterocycles. The van der Waals surface area contributed by atoms with Gasteiger partial charge in [-0.2, -0.15) is 0 Å². The number of carbonyl (C=O) groups excluding carboxylic acids is 2. The van der Waals surface area contributed by atoms with Gasteiger partial charge in [0.25, 0.3) is 5.91 Å². The average Bonchev–Trinajstić information content (AvgIpc) is 2.96. The molecule has 2 rings (SSSR count). The van der Waals surface area contributed by atoms with E-state index in [2.05, 4.69) is 26.8 Å². The third kappa shape index (κ3) is 3.68. The summed E-state index contributed by atoms with van der Waals surface area (Å²) in [7, 11) is 1.76. The van der Waals surface area contributed by atoms with E-state index in [1.54, 1.807) is 23.9 Å². The number of aromatic nitrogens is 1. The molecule has 0 aliphatic heterocycles. The number of rotatable bonds is 3. The Kier molecular flexibility index (Phi) is 4.39. The molecule has 0 unspecified atom stereocenters. The van der Waals surface area contributed by atoms with E-state index in [1.165, 1.54) is 11.3 Å². The lowest BCUT2D eigenvalue weighted by atomic mass is 10.3. The van der Waals surface area contributed by atoms with Gasteiger partial charge in [-0.15, -0.1) is 11.3 Å². The Morgan fingerprint density at radius 3 is 2.79 bits per heavy atom. The fourth-order valence-electron chi connectivity index (χ4n) is 1.56. The highest BCUT2D eigenvalue weighted by atomic mass is 79.9. The molecule has 2 heterocycles. The summed E-state index contributed by atoms with van der Waals surface area (Å²) in [5.41, 5.74) is 5.25. The van der Waals surface area contributed by atoms with Crippen LogP contribution in [0.15, 0.2) is 34.2 Å². The summed E-state index contributed by atoms with van der Waals surface area (Å²) in [4.78, 5) is 24.4. The zero-order valence-electron chi connectivity index (χ0n) is 10.1. The van der Waals surface area contributed by atoms with Crippen molar-refractivity contribution >= 4 is 39.1 Å². The van der Waals surface area contributed by atoms with Crippen molar-refractivity contribution in [3.8, 4) is 0 Å². The number of thiophene rings is 1. The predicted molar refractivity (Wildman–Crippen MR) is 76.7 cm³/mol. The molecule has 0 bridgehead atoms. The van der Waals surface area contributed by atoms with E-state index >= 15 is 0 Å². The van der Waals surface area contributed by atoms with Crippen LogP contribution < -0.4 is 10.9 Å². The van der Waals surface area contributed by atoms with Gasteiger partial charge in [0, 0.05) is 22.6 Å². The minimum absolute atomic E-state index is 0.246. The summed E-state index contributed by atoms with van der Waals surface area (Å²) in [5, 5.41) is 1.91. The Balaban J connectivity index is 1.87. The van der Waals surface area contributed by atoms with E-state index in [-0.39, 0.29) is 18.2 Å². The van der Waals surface area contributed by atoms with Crippen molar-refractivity contribution < 1.29 is 9.59 Å². The molecule has 2 aromatic heterocycles. The van der Waals surface area contributed by atoms with Crippen LogP contribution in [0.25, 0.3) is 0 Å². The van der Waals surface area contributed by atoms with Crippen LogP contribution in [0.1, 0.15) is 15.4 Å². The lowest BCUT2D eigenvalue weighted by Gasteiger charge is -2.07. The van der Waals surface area contributed by atoms with Gasteiger partial charge in [-0.05, 0) is 33.4 Å². The second kappa shape index (κ2) is 6.03. The van der Waals surface area contributed by atoms with Gasteiger partial charge in [0.05, 0.1) is 6.42 Å². The van der Waals surface area contributed by atoms with Crippen molar-refractivity contribution in [2.24, 2.45) is 7.05 Å². The molecule has 0 saturated carbocycles. The molecule has 100 valence electrons. The number of hydrogen-bond acceptors (Lipinski definition) is 3. The average molecular weight is 342 g/mol. The maximum absolute atomic E-state index is 11.8. The normalized spacial score (nSPS) is 10.2. The number of halogens is 1. The van der Waals surface area contributed by atoms with Crippen LogP contribution in [0.4, 0.5) is 0 Å². The number of amides is 2. The fourth-order valence-corrected chi connectivity index (χ4v) is 2.78. The first-order valence-electron chi connectivity index (χ1n) is 5.49. The van der Waals surface area contributed by atoms with Gasteiger partial charge < -0.3 is 4.57 Å². The highest BCUT2D eigenvalue weighted by molar-refractivity contribution is 9.10. The van der Waals surface area contributed by atoms with Gasteiger partial charge >= 0.3 is 0 Å². The van der Waals surface area contributed by atoms with Crippen molar-refractivity contribution in [3.05, 3.63) is 44.8 Å². The summed E-state index contributed by atoms with van der Waals surface area (Å²) >= 11 is 4.79. The number of nitrogens with one attached hydrogen (secondary N) is 2. The van der Waals surface area contributed by atoms with Crippen LogP contribution in [-0.2, 0) is 18.3 Å². The Hall–Kier alpha value is -1.60. The summed E-state index contributed by atoms with van der Waals surface area (Å²) in [5.74, 6) is -0.600. The van der Waals surface area contributed by atoms with Crippen molar-refractivity contribution in [2.75, 3.05) is 0 Å². The van der Waals surface area contributed by atoms with Crippen molar-refractivity contribution in [3.63, 3.8) is 0 Å². The summed E-state index contributed by atoms with van der Waals surface area (Å²) < 4.78 is 2.48. The highest BCUT2D eigenvalue weighted by Crippen LogP contribution is 2.13. The Morgan fingerprint density at radius 2 is 2.21 bits per heavy atom. The summed E-state index contributed by atoms with van der Waals surface area (Å²) in [6.07, 6.45) is 2.02. The molecule has 0 aromatic carbocycles. The third-order valence-electron chi connectivity index (χ3n) is 2.43. The molecule has 5 nitrogen and oxygen atoms in total. The molecule has 0 fully saturated rings. The van der Waals surface area contributed by atoms with Crippen LogP contribution in [0.5, 0.6) is 0 Å². The van der Waals surface area contributed by atoms with Gasteiger partial charge in [0.1, 0.15) is 5.69 Å². The zero-order chi connectivity index (χ0) is 13.8. The maximum Gasteiger partial charge on any atom is 0.286 e. The summed E-state index contributed by atoms with van der Waals surface area (Å²) in [6.45, 7) is 0. The zero-order valence-corrected chi connectivity index (χ0v) is 12.5. The van der Waals surface area contributed by atoms with Gasteiger partial charge in [-0.25, -0.2) is 0 Å². The SMILES string of the molecule is Cn1cc(Br)cc1C(=O)NNC(=O)Cc1cccs1. The Morgan fingerprint density at radius 1 is 1.42 bits per heavy atom. The van der Waals surface area contributed by atoms with E-state index in [4.69, 9.17) is 0 Å². The largest absolute Gasteiger partial charge is 0.345 e. The van der Waals surface area contributed by atoms with Crippen LogP contribution in [0, 0.1) is 0 Å². The highest BCUT2D eigenvalue weighted by Gasteiger charge is 2.12. The smallest absolute Gasteiger partial charge is 0.286 e. The molecule has 7 heteroatoms. The number of aryl methyl sites for hydroxylation is 1. The molecule has 0 aliphatic rings. The quantitative estimate of drug-likeness (QED) is 0.837. The van der Waals surface area contributed by atoms with E-state index in [1.807, 2.05) is 17.5 Å². The topological polar surface area (TPSA) is 63.1 Å². The second-order valence-electron chi connectivity index (χ2n) is 3.91. The molecule has 2 N–H and O–H groups in total. The maximum atomic E-state index is 11.8. The van der Waals surface area contributed by atoms with Crippen LogP contribution in [0.2, 0.25) is 0 Å². The number of carbonyl (C=O) groups is 2. The van der Waals surface area contributed by atoms with Gasteiger partial charge in [-0.1, -0.05) is 6.07 Å². The number of hydrazine groups is 1. The fraction of sp³-hybridized carbons (Fsp3) is 0.167. The van der Waals surface area contributed by atoms with Gasteiger partial charge in [0.2, 0.25) is 5.91 Å².